The Hall–Kier alpha value is -1.30. The third-order valence-corrected chi connectivity index (χ3v) is 23.6. The Kier molecular flexibility index (Phi) is 15.3. The summed E-state index contributed by atoms with van der Waals surface area (Å²) in [6, 6.07) is 35.6. The van der Waals surface area contributed by atoms with Gasteiger partial charge in [0.1, 0.15) is 14.6 Å². The molecule has 1 aliphatic rings. The van der Waals surface area contributed by atoms with E-state index < -0.39 is 5.41 Å². The first kappa shape index (κ1) is 44.8. The van der Waals surface area contributed by atoms with Crippen LogP contribution in [0.15, 0.2) is 106 Å². The lowest BCUT2D eigenvalue weighted by Crippen LogP contribution is -2.40. The van der Waals surface area contributed by atoms with Gasteiger partial charge in [0.05, 0.1) is 22.8 Å². The van der Waals surface area contributed by atoms with Gasteiger partial charge in [0.2, 0.25) is 0 Å². The lowest BCUT2D eigenvalue weighted by molar-refractivity contribution is 0.580. The summed E-state index contributed by atoms with van der Waals surface area (Å²) in [4.78, 5) is 12.9. The Labute approximate surface area is 373 Å². The van der Waals surface area contributed by atoms with Gasteiger partial charge < -0.3 is 4.90 Å². The fraction of sp³-hybridized carbons (Fsp3) is 0.317. The van der Waals surface area contributed by atoms with Gasteiger partial charge in [0.25, 0.3) is 0 Å². The molecule has 0 unspecified atom stereocenters. The van der Waals surface area contributed by atoms with Crippen LogP contribution in [0, 0.1) is 0 Å². The third-order valence-electron chi connectivity index (χ3n) is 9.37. The predicted octanol–water partition coefficient (Wildman–Crippen LogP) is 12.0. The molecule has 0 spiro atoms. The fourth-order valence-electron chi connectivity index (χ4n) is 6.63. The molecule has 1 aliphatic heterocycles. The van der Waals surface area contributed by atoms with Gasteiger partial charge in [-0.3, -0.25) is 0 Å². The van der Waals surface area contributed by atoms with Crippen LogP contribution in [0.2, 0.25) is 0 Å². The van der Waals surface area contributed by atoms with Gasteiger partial charge in [-0.05, 0) is 124 Å². The molecule has 3 aromatic carbocycles. The molecule has 0 saturated heterocycles. The molecular formula is C41H43Br2N3S9. The number of rotatable bonds is 3. The van der Waals surface area contributed by atoms with E-state index in [1.54, 1.807) is 44.4 Å². The second kappa shape index (κ2) is 18.7. The highest BCUT2D eigenvalue weighted by Crippen LogP contribution is 2.58. The van der Waals surface area contributed by atoms with Crippen molar-refractivity contribution in [2.45, 2.75) is 84.0 Å². The Morgan fingerprint density at radius 3 is 1.25 bits per heavy atom. The maximum atomic E-state index is 5.24. The molecule has 55 heavy (non-hydrogen) atoms. The van der Waals surface area contributed by atoms with E-state index in [2.05, 4.69) is 206 Å². The average molecular weight is 1030 g/mol. The molecule has 0 atom stereocenters. The summed E-state index contributed by atoms with van der Waals surface area (Å²) in [5.74, 6) is 0. The SMILES string of the molecule is CC(C)(C)c1ccc(N2c3ccc(C(C)(C)C)cc3C(c3cccc(Br)n3)(c3cccc(Br)n3)c3cc(C(C)(C)C)ccc32)cc1.S=S=S=S=S=S=S=S=S. The number of halogens is 2. The van der Waals surface area contributed by atoms with Crippen LogP contribution >= 0.6 is 31.9 Å². The summed E-state index contributed by atoms with van der Waals surface area (Å²) in [5.41, 5.74) is 10.5. The van der Waals surface area contributed by atoms with Crippen molar-refractivity contribution in [2.24, 2.45) is 0 Å². The number of fused-ring (bicyclic) bond motifs is 2. The minimum Gasteiger partial charge on any atom is -0.310 e. The maximum Gasteiger partial charge on any atom is 0.109 e. The van der Waals surface area contributed by atoms with Crippen molar-refractivity contribution in [1.29, 1.82) is 0 Å². The molecule has 3 nitrogen and oxygen atoms in total. The van der Waals surface area contributed by atoms with Crippen molar-refractivity contribution in [2.75, 3.05) is 4.90 Å². The maximum absolute atomic E-state index is 5.24. The Morgan fingerprint density at radius 1 is 0.509 bits per heavy atom. The number of hydrogen-bond donors (Lipinski definition) is 0. The van der Waals surface area contributed by atoms with Crippen molar-refractivity contribution >= 4 is 133 Å². The molecule has 5 aromatic rings. The monoisotopic (exact) mass is 1020 g/mol. The Morgan fingerprint density at radius 2 is 0.891 bits per heavy atom. The lowest BCUT2D eigenvalue weighted by Gasteiger charge is -2.46. The van der Waals surface area contributed by atoms with Crippen LogP contribution in [0.4, 0.5) is 17.1 Å². The standard InChI is InChI=1S/C41H43Br2N3.S9/c1-38(2,3)26-16-20-29(21-17-26)46-32-22-18-27(39(4,5)6)24-30(32)41(34-12-10-14-36(42)44-34,35-13-11-15-37(43)45-35)31-25-28(40(7,8)9)19-23-33(31)46;1-3-5-7-9-8-6-4-2/h10-25H,1-9H3;. The summed E-state index contributed by atoms with van der Waals surface area (Å²) in [6.07, 6.45) is 0. The van der Waals surface area contributed by atoms with E-state index in [4.69, 9.17) is 9.97 Å². The van der Waals surface area contributed by atoms with E-state index in [0.29, 0.717) is 0 Å². The van der Waals surface area contributed by atoms with Crippen LogP contribution in [0.5, 0.6) is 0 Å². The first-order valence-corrected chi connectivity index (χ1v) is 29.6. The molecule has 0 radical (unpaired) electrons. The number of hydrogen-bond acceptors (Lipinski definition) is 5. The van der Waals surface area contributed by atoms with Crippen LogP contribution in [0.1, 0.15) is 102 Å². The van der Waals surface area contributed by atoms with Gasteiger partial charge in [-0.25, -0.2) is 9.97 Å². The van der Waals surface area contributed by atoms with E-state index in [-0.39, 0.29) is 16.2 Å². The molecule has 0 fully saturated rings. The number of anilines is 3. The van der Waals surface area contributed by atoms with Gasteiger partial charge in [0, 0.05) is 90.2 Å². The smallest absolute Gasteiger partial charge is 0.109 e. The van der Waals surface area contributed by atoms with Gasteiger partial charge in [0.15, 0.2) is 0 Å². The van der Waals surface area contributed by atoms with Crippen molar-refractivity contribution in [3.8, 4) is 0 Å². The summed E-state index contributed by atoms with van der Waals surface area (Å²) in [7, 11) is 10.9. The zero-order chi connectivity index (χ0) is 40.2. The summed E-state index contributed by atoms with van der Waals surface area (Å²) in [6.45, 7) is 20.5. The molecule has 3 heterocycles. The highest BCUT2D eigenvalue weighted by Gasteiger charge is 2.49. The molecule has 2 aromatic heterocycles. The number of pyridine rings is 2. The van der Waals surface area contributed by atoms with Crippen LogP contribution in [0.25, 0.3) is 0 Å². The minimum absolute atomic E-state index is 0.0628. The number of nitrogens with zero attached hydrogens (tertiary/aromatic N) is 3. The predicted molar refractivity (Wildman–Crippen MR) is 266 cm³/mol. The fourth-order valence-corrected chi connectivity index (χ4v) is 21.0. The summed E-state index contributed by atoms with van der Waals surface area (Å²) in [5, 5.41) is 0. The van der Waals surface area contributed by atoms with Crippen molar-refractivity contribution < 1.29 is 0 Å². The van der Waals surface area contributed by atoms with Crippen LogP contribution in [-0.2, 0) is 106 Å². The molecular weight excluding hydrogens is 983 g/mol. The van der Waals surface area contributed by atoms with Crippen molar-refractivity contribution in [3.63, 3.8) is 0 Å². The summed E-state index contributed by atoms with van der Waals surface area (Å²) < 4.78 is 1.59. The first-order chi connectivity index (χ1) is 25.9. The molecule has 0 amide bonds. The molecule has 0 bridgehead atoms. The van der Waals surface area contributed by atoms with E-state index in [1.165, 1.54) is 34.5 Å². The van der Waals surface area contributed by atoms with E-state index in [1.807, 2.05) is 12.1 Å². The third kappa shape index (κ3) is 10.3. The number of aromatic nitrogens is 2. The molecule has 0 aliphatic carbocycles. The van der Waals surface area contributed by atoms with E-state index in [0.717, 1.165) is 48.8 Å². The zero-order valence-corrected chi connectivity index (χ0v) is 42.5. The van der Waals surface area contributed by atoms with Crippen LogP contribution in [-0.4, -0.2) is 9.97 Å². The molecule has 0 saturated carbocycles. The van der Waals surface area contributed by atoms with Crippen molar-refractivity contribution in [1.82, 2.24) is 9.97 Å². The normalized spacial score (nSPS) is 13.3. The summed E-state index contributed by atoms with van der Waals surface area (Å²) >= 11 is 16.7. The second-order valence-corrected chi connectivity index (χ2v) is 30.0. The van der Waals surface area contributed by atoms with Crippen LogP contribution in [0.3, 0.4) is 0 Å². The zero-order valence-electron chi connectivity index (χ0n) is 32.0. The number of benzene rings is 3. The van der Waals surface area contributed by atoms with E-state index >= 15 is 0 Å². The largest absolute Gasteiger partial charge is 0.310 e. The average Bonchev–Trinajstić information content (AvgIpc) is 3.12. The molecule has 290 valence electrons. The van der Waals surface area contributed by atoms with Gasteiger partial charge >= 0.3 is 0 Å². The van der Waals surface area contributed by atoms with Gasteiger partial charge in [-0.15, -0.1) is 0 Å². The highest BCUT2D eigenvalue weighted by atomic mass is 79.9. The Balaban J connectivity index is 0.000000574. The highest BCUT2D eigenvalue weighted by molar-refractivity contribution is 9.10. The quantitative estimate of drug-likeness (QED) is 0.165. The van der Waals surface area contributed by atoms with E-state index in [9.17, 15) is 0 Å². The molecule has 14 heteroatoms. The molecule has 0 N–H and O–H groups in total. The minimum atomic E-state index is -0.803. The first-order valence-electron chi connectivity index (χ1n) is 17.3. The van der Waals surface area contributed by atoms with Crippen molar-refractivity contribution in [3.05, 3.63) is 145 Å². The lowest BCUT2D eigenvalue weighted by atomic mass is 9.64. The van der Waals surface area contributed by atoms with Gasteiger partial charge in [-0.2, -0.15) is 0 Å². The van der Waals surface area contributed by atoms with Gasteiger partial charge in [-0.1, -0.05) is 111 Å². The molecule has 6 rings (SSSR count). The van der Waals surface area contributed by atoms with Crippen LogP contribution < -0.4 is 4.90 Å². The second-order valence-electron chi connectivity index (χ2n) is 16.0. The topological polar surface area (TPSA) is 29.0 Å². The Bertz CT molecular complexity index is 2390.